The highest BCUT2D eigenvalue weighted by Crippen LogP contribution is 2.34. The molecule has 110 valence electrons. The normalized spacial score (nSPS) is 11.9. The predicted octanol–water partition coefficient (Wildman–Crippen LogP) is 1.48. The van der Waals surface area contributed by atoms with Crippen molar-refractivity contribution in [3.8, 4) is 5.75 Å². The molecule has 0 bridgehead atoms. The second-order valence-corrected chi connectivity index (χ2v) is 4.40. The predicted molar refractivity (Wildman–Crippen MR) is 74.9 cm³/mol. The zero-order valence-electron chi connectivity index (χ0n) is 11.0. The second kappa shape index (κ2) is 7.66. The zero-order valence-corrected chi connectivity index (χ0v) is 11.7. The lowest BCUT2D eigenvalue weighted by Gasteiger charge is -2.14. The van der Waals surface area contributed by atoms with Crippen LogP contribution in [-0.4, -0.2) is 30.0 Å². The first-order valence-corrected chi connectivity index (χ1v) is 6.43. The average molecular weight is 302 g/mol. The molecule has 0 saturated heterocycles. The van der Waals surface area contributed by atoms with Crippen LogP contribution >= 0.6 is 11.6 Å². The number of nitrogens with one attached hydrogen (secondary N) is 1. The number of carbonyl (C=O) groups is 1. The maximum atomic E-state index is 11.1. The van der Waals surface area contributed by atoms with Gasteiger partial charge in [-0.2, -0.15) is 0 Å². The van der Waals surface area contributed by atoms with E-state index in [1.807, 2.05) is 6.92 Å². The number of ether oxygens (including phenoxy) is 1. The fraction of sp³-hybridized carbons (Fsp3) is 0.417. The number of rotatable bonds is 8. The lowest BCUT2D eigenvalue weighted by Crippen LogP contribution is -2.42. The topological polar surface area (TPSA) is 107 Å². The van der Waals surface area contributed by atoms with Gasteiger partial charge in [0.05, 0.1) is 22.6 Å². The minimum atomic E-state index is -0.572. The first kappa shape index (κ1) is 16.2. The highest BCUT2D eigenvalue weighted by molar-refractivity contribution is 6.32. The van der Waals surface area contributed by atoms with E-state index in [2.05, 4.69) is 5.32 Å². The minimum Gasteiger partial charge on any atom is -0.486 e. The van der Waals surface area contributed by atoms with E-state index in [4.69, 9.17) is 22.1 Å². The Labute approximate surface area is 121 Å². The highest BCUT2D eigenvalue weighted by atomic mass is 35.5. The van der Waals surface area contributed by atoms with Crippen molar-refractivity contribution < 1.29 is 14.5 Å². The number of nitro benzene ring substituents is 1. The van der Waals surface area contributed by atoms with E-state index in [0.717, 1.165) is 0 Å². The molecule has 1 rings (SSSR count). The Bertz CT molecular complexity index is 496. The maximum absolute atomic E-state index is 11.1. The maximum Gasteiger partial charge on any atom is 0.312 e. The monoisotopic (exact) mass is 301 g/mol. The summed E-state index contributed by atoms with van der Waals surface area (Å²) in [5.74, 6) is -0.497. The SMILES string of the molecule is CCNC(CCOc1c(Cl)cccc1[N+](=O)[O-])C(N)=O. The number of hydrogen-bond acceptors (Lipinski definition) is 5. The van der Waals surface area contributed by atoms with Gasteiger partial charge in [-0.25, -0.2) is 0 Å². The van der Waals surface area contributed by atoms with E-state index >= 15 is 0 Å². The number of halogens is 1. The molecule has 3 N–H and O–H groups in total. The lowest BCUT2D eigenvalue weighted by atomic mass is 10.2. The molecule has 0 radical (unpaired) electrons. The summed E-state index contributed by atoms with van der Waals surface area (Å²) in [4.78, 5) is 21.4. The van der Waals surface area contributed by atoms with Crippen LogP contribution in [0.5, 0.6) is 5.75 Å². The molecule has 20 heavy (non-hydrogen) atoms. The number of likely N-dealkylation sites (N-methyl/N-ethyl adjacent to an activating group) is 1. The van der Waals surface area contributed by atoms with Crippen LogP contribution in [0, 0.1) is 10.1 Å². The van der Waals surface area contributed by atoms with Crippen molar-refractivity contribution in [3.63, 3.8) is 0 Å². The standard InChI is InChI=1S/C12H16ClN3O4/c1-2-15-9(12(14)17)6-7-20-11-8(13)4-3-5-10(11)16(18)19/h3-5,9,15H,2,6-7H2,1H3,(H2,14,17). The summed E-state index contributed by atoms with van der Waals surface area (Å²) in [6.07, 6.45) is 0.297. The summed E-state index contributed by atoms with van der Waals surface area (Å²) in [6.45, 7) is 2.51. The molecule has 8 heteroatoms. The van der Waals surface area contributed by atoms with Crippen molar-refractivity contribution in [2.45, 2.75) is 19.4 Å². The van der Waals surface area contributed by atoms with Crippen LogP contribution in [0.15, 0.2) is 18.2 Å². The number of amides is 1. The molecule has 0 fully saturated rings. The molecule has 0 aliphatic heterocycles. The number of nitrogens with zero attached hydrogens (tertiary/aromatic N) is 1. The fourth-order valence-electron chi connectivity index (χ4n) is 1.65. The number of para-hydroxylation sites is 1. The Morgan fingerprint density at radius 1 is 1.60 bits per heavy atom. The lowest BCUT2D eigenvalue weighted by molar-refractivity contribution is -0.385. The van der Waals surface area contributed by atoms with Crippen molar-refractivity contribution in [1.29, 1.82) is 0 Å². The molecule has 1 atom stereocenters. The van der Waals surface area contributed by atoms with Crippen LogP contribution in [-0.2, 0) is 4.79 Å². The number of hydrogen-bond donors (Lipinski definition) is 2. The number of benzene rings is 1. The number of primary amides is 1. The van der Waals surface area contributed by atoms with Crippen molar-refractivity contribution in [1.82, 2.24) is 5.32 Å². The van der Waals surface area contributed by atoms with Crippen molar-refractivity contribution >= 4 is 23.2 Å². The van der Waals surface area contributed by atoms with Crippen LogP contribution in [0.2, 0.25) is 5.02 Å². The third-order valence-electron chi connectivity index (χ3n) is 2.59. The van der Waals surface area contributed by atoms with Gasteiger partial charge in [-0.05, 0) is 12.6 Å². The quantitative estimate of drug-likeness (QED) is 0.558. The van der Waals surface area contributed by atoms with Gasteiger partial charge in [0.15, 0.2) is 0 Å². The summed E-state index contributed by atoms with van der Waals surface area (Å²) in [5, 5.41) is 13.9. The molecular weight excluding hydrogens is 286 g/mol. The molecule has 0 heterocycles. The summed E-state index contributed by atoms with van der Waals surface area (Å²) in [6, 6.07) is 3.73. The molecule has 7 nitrogen and oxygen atoms in total. The molecule has 0 spiro atoms. The second-order valence-electron chi connectivity index (χ2n) is 3.99. The van der Waals surface area contributed by atoms with Gasteiger partial charge in [0.2, 0.25) is 11.7 Å². The molecule has 0 aliphatic carbocycles. The van der Waals surface area contributed by atoms with E-state index < -0.39 is 16.9 Å². The zero-order chi connectivity index (χ0) is 15.1. The van der Waals surface area contributed by atoms with Crippen LogP contribution in [0.4, 0.5) is 5.69 Å². The Balaban J connectivity index is 2.70. The largest absolute Gasteiger partial charge is 0.486 e. The van der Waals surface area contributed by atoms with Gasteiger partial charge in [-0.3, -0.25) is 14.9 Å². The van der Waals surface area contributed by atoms with Gasteiger partial charge < -0.3 is 15.8 Å². The smallest absolute Gasteiger partial charge is 0.312 e. The number of nitro groups is 1. The van der Waals surface area contributed by atoms with E-state index in [-0.39, 0.29) is 23.1 Å². The molecule has 0 aromatic heterocycles. The van der Waals surface area contributed by atoms with Gasteiger partial charge in [0.25, 0.3) is 0 Å². The van der Waals surface area contributed by atoms with Gasteiger partial charge in [0, 0.05) is 12.5 Å². The van der Waals surface area contributed by atoms with Crippen LogP contribution in [0.3, 0.4) is 0 Å². The summed E-state index contributed by atoms with van der Waals surface area (Å²) >= 11 is 5.88. The molecule has 1 aromatic carbocycles. The van der Waals surface area contributed by atoms with Gasteiger partial charge in [-0.1, -0.05) is 24.6 Å². The van der Waals surface area contributed by atoms with Crippen LogP contribution < -0.4 is 15.8 Å². The number of nitrogens with two attached hydrogens (primary N) is 1. The highest BCUT2D eigenvalue weighted by Gasteiger charge is 2.19. The fourth-order valence-corrected chi connectivity index (χ4v) is 1.88. The first-order valence-electron chi connectivity index (χ1n) is 6.05. The summed E-state index contributed by atoms with van der Waals surface area (Å²) < 4.78 is 5.33. The van der Waals surface area contributed by atoms with Crippen LogP contribution in [0.1, 0.15) is 13.3 Å². The van der Waals surface area contributed by atoms with Crippen molar-refractivity contribution in [2.24, 2.45) is 5.73 Å². The third-order valence-corrected chi connectivity index (χ3v) is 2.89. The van der Waals surface area contributed by atoms with E-state index in [1.54, 1.807) is 0 Å². The molecule has 1 unspecified atom stereocenters. The van der Waals surface area contributed by atoms with Gasteiger partial charge in [-0.15, -0.1) is 0 Å². The molecule has 0 saturated carbocycles. The van der Waals surface area contributed by atoms with E-state index in [0.29, 0.717) is 13.0 Å². The van der Waals surface area contributed by atoms with Crippen molar-refractivity contribution in [3.05, 3.63) is 33.3 Å². The van der Waals surface area contributed by atoms with Crippen LogP contribution in [0.25, 0.3) is 0 Å². The summed E-state index contributed by atoms with van der Waals surface area (Å²) in [7, 11) is 0. The molecular formula is C12H16ClN3O4. The minimum absolute atomic E-state index is 0.00103. The van der Waals surface area contributed by atoms with Gasteiger partial charge >= 0.3 is 5.69 Å². The Kier molecular flexibility index (Phi) is 6.20. The van der Waals surface area contributed by atoms with E-state index in [9.17, 15) is 14.9 Å². The molecule has 0 aliphatic rings. The van der Waals surface area contributed by atoms with Gasteiger partial charge in [0.1, 0.15) is 0 Å². The molecule has 1 aromatic rings. The third kappa shape index (κ3) is 4.36. The van der Waals surface area contributed by atoms with Crippen molar-refractivity contribution in [2.75, 3.05) is 13.2 Å². The van der Waals surface area contributed by atoms with E-state index in [1.165, 1.54) is 18.2 Å². The molecule has 1 amide bonds. The Morgan fingerprint density at radius 2 is 2.30 bits per heavy atom. The Morgan fingerprint density at radius 3 is 2.85 bits per heavy atom. The number of carbonyl (C=O) groups excluding carboxylic acids is 1. The first-order chi connectivity index (χ1) is 9.47. The average Bonchev–Trinajstić information content (AvgIpc) is 2.38. The summed E-state index contributed by atoms with van der Waals surface area (Å²) in [5.41, 5.74) is 5.01. The Hall–Kier alpha value is -1.86.